The van der Waals surface area contributed by atoms with Crippen LogP contribution in [0.5, 0.6) is 0 Å². The molecule has 0 aliphatic carbocycles. The molecular weight excluding hydrogens is 256 g/mol. The molecule has 6 nitrogen and oxygen atoms in total. The third-order valence-corrected chi connectivity index (χ3v) is 3.76. The summed E-state index contributed by atoms with van der Waals surface area (Å²) in [5.41, 5.74) is 0.511. The summed E-state index contributed by atoms with van der Waals surface area (Å²) in [6.45, 7) is 1.64. The van der Waals surface area contributed by atoms with Crippen LogP contribution in [-0.2, 0) is 0 Å². The van der Waals surface area contributed by atoms with E-state index >= 15 is 0 Å². The highest BCUT2D eigenvalue weighted by Crippen LogP contribution is 2.18. The molecule has 106 valence electrons. The predicted octanol–water partition coefficient (Wildman–Crippen LogP) is 0.131. The van der Waals surface area contributed by atoms with Crippen molar-refractivity contribution in [1.29, 1.82) is 0 Å². The highest BCUT2D eigenvalue weighted by Gasteiger charge is 2.34. The van der Waals surface area contributed by atoms with Crippen LogP contribution in [0, 0.1) is 0 Å². The van der Waals surface area contributed by atoms with Gasteiger partial charge in [-0.15, -0.1) is 0 Å². The predicted molar refractivity (Wildman–Crippen MR) is 74.6 cm³/mol. The number of rotatable bonds is 3. The number of amides is 1. The van der Waals surface area contributed by atoms with Gasteiger partial charge in [0.25, 0.3) is 5.91 Å². The van der Waals surface area contributed by atoms with Crippen LogP contribution >= 0.6 is 0 Å². The first-order valence-corrected chi connectivity index (χ1v) is 6.70. The molecule has 1 aliphatic rings. The van der Waals surface area contributed by atoms with Gasteiger partial charge in [-0.05, 0) is 25.1 Å². The van der Waals surface area contributed by atoms with Crippen LogP contribution in [0.3, 0.4) is 0 Å². The molecule has 1 amide bonds. The van der Waals surface area contributed by atoms with Crippen LogP contribution in [0.25, 0.3) is 5.52 Å². The van der Waals surface area contributed by atoms with E-state index in [4.69, 9.17) is 0 Å². The molecule has 0 aromatic carbocycles. The summed E-state index contributed by atoms with van der Waals surface area (Å²) in [5, 5.41) is 17.6. The Labute approximate surface area is 117 Å². The second kappa shape index (κ2) is 4.88. The van der Waals surface area contributed by atoms with E-state index in [1.54, 1.807) is 28.9 Å². The summed E-state index contributed by atoms with van der Waals surface area (Å²) in [6, 6.07) is 5.60. The molecule has 0 spiro atoms. The number of fused-ring (bicyclic) bond motifs is 1. The van der Waals surface area contributed by atoms with Crippen LogP contribution < -0.4 is 5.32 Å². The summed E-state index contributed by atoms with van der Waals surface area (Å²) in [4.78, 5) is 14.1. The molecule has 1 unspecified atom stereocenters. The van der Waals surface area contributed by atoms with E-state index in [2.05, 4.69) is 10.4 Å². The molecule has 0 saturated carbocycles. The van der Waals surface area contributed by atoms with E-state index in [1.807, 2.05) is 18.2 Å². The Hall–Kier alpha value is -1.92. The van der Waals surface area contributed by atoms with E-state index in [1.165, 1.54) is 0 Å². The largest absolute Gasteiger partial charge is 0.387 e. The molecule has 2 N–H and O–H groups in total. The zero-order chi connectivity index (χ0) is 14.2. The molecule has 1 aliphatic heterocycles. The van der Waals surface area contributed by atoms with Gasteiger partial charge in [0.15, 0.2) is 0 Å². The number of β-amino-alcohol motifs (C(OH)–C–C–N with tert-alkyl or cyclic N) is 1. The van der Waals surface area contributed by atoms with Gasteiger partial charge in [-0.3, -0.25) is 4.79 Å². The Kier molecular flexibility index (Phi) is 3.19. The number of likely N-dealkylation sites (N-methyl/N-ethyl adjacent to an activating group) is 1. The second-order valence-corrected chi connectivity index (χ2v) is 5.40. The maximum atomic E-state index is 12.5. The smallest absolute Gasteiger partial charge is 0.257 e. The first kappa shape index (κ1) is 13.1. The monoisotopic (exact) mass is 274 g/mol. The van der Waals surface area contributed by atoms with Crippen molar-refractivity contribution in [1.82, 2.24) is 19.8 Å². The van der Waals surface area contributed by atoms with Crippen molar-refractivity contribution in [3.63, 3.8) is 0 Å². The van der Waals surface area contributed by atoms with Crippen LogP contribution in [-0.4, -0.2) is 57.8 Å². The summed E-state index contributed by atoms with van der Waals surface area (Å²) in [5.74, 6) is -0.119. The molecule has 1 atom stereocenters. The summed E-state index contributed by atoms with van der Waals surface area (Å²) in [6.07, 6.45) is 4.05. The van der Waals surface area contributed by atoms with Gasteiger partial charge >= 0.3 is 0 Å². The number of carbonyl (C=O) groups excluding carboxylic acids is 1. The number of pyridine rings is 1. The first-order chi connectivity index (χ1) is 9.59. The molecule has 0 bridgehead atoms. The number of nitrogens with zero attached hydrogens (tertiary/aromatic N) is 3. The van der Waals surface area contributed by atoms with Gasteiger partial charge < -0.3 is 15.3 Å². The number of carbonyl (C=O) groups is 1. The molecule has 3 rings (SSSR count). The quantitative estimate of drug-likeness (QED) is 0.835. The van der Waals surface area contributed by atoms with Gasteiger partial charge in [0.05, 0.1) is 29.4 Å². The van der Waals surface area contributed by atoms with E-state index in [0.717, 1.165) is 12.1 Å². The number of hydrogen-bond acceptors (Lipinski definition) is 4. The van der Waals surface area contributed by atoms with Crippen molar-refractivity contribution < 1.29 is 9.90 Å². The average molecular weight is 274 g/mol. The Morgan fingerprint density at radius 1 is 1.60 bits per heavy atom. The lowest BCUT2D eigenvalue weighted by molar-refractivity contribution is 0.0253. The van der Waals surface area contributed by atoms with E-state index in [0.29, 0.717) is 25.1 Å². The fourth-order valence-electron chi connectivity index (χ4n) is 2.68. The average Bonchev–Trinajstić information content (AvgIpc) is 3.04. The molecular formula is C14H18N4O2. The van der Waals surface area contributed by atoms with Gasteiger partial charge in [-0.1, -0.05) is 6.07 Å². The van der Waals surface area contributed by atoms with Gasteiger partial charge in [0.1, 0.15) is 0 Å². The number of hydrogen-bond donors (Lipinski definition) is 2. The summed E-state index contributed by atoms with van der Waals surface area (Å²) in [7, 11) is 1.71. The lowest BCUT2D eigenvalue weighted by Gasteiger charge is -2.27. The van der Waals surface area contributed by atoms with Crippen LogP contribution in [0.15, 0.2) is 30.6 Å². The van der Waals surface area contributed by atoms with Crippen molar-refractivity contribution in [2.75, 3.05) is 26.7 Å². The number of aromatic nitrogens is 2. The molecule has 20 heavy (non-hydrogen) atoms. The lowest BCUT2D eigenvalue weighted by Crippen LogP contribution is -2.45. The van der Waals surface area contributed by atoms with Crippen LogP contribution in [0.2, 0.25) is 0 Å². The Morgan fingerprint density at radius 2 is 2.45 bits per heavy atom. The molecule has 3 heterocycles. The van der Waals surface area contributed by atoms with Gasteiger partial charge in [0, 0.05) is 19.8 Å². The van der Waals surface area contributed by atoms with E-state index < -0.39 is 5.60 Å². The highest BCUT2D eigenvalue weighted by molar-refractivity contribution is 6.00. The normalized spacial score (nSPS) is 22.3. The van der Waals surface area contributed by atoms with Crippen molar-refractivity contribution in [3.05, 3.63) is 36.2 Å². The highest BCUT2D eigenvalue weighted by atomic mass is 16.3. The van der Waals surface area contributed by atoms with Gasteiger partial charge in [-0.2, -0.15) is 5.10 Å². The Bertz CT molecular complexity index is 631. The minimum absolute atomic E-state index is 0.119. The SMILES string of the molecule is CN(CC1(O)CCNC1)C(=O)c1cnn2ccccc12. The topological polar surface area (TPSA) is 69.9 Å². The number of aliphatic hydroxyl groups is 1. The Morgan fingerprint density at radius 3 is 3.20 bits per heavy atom. The van der Waals surface area contributed by atoms with Crippen molar-refractivity contribution in [2.45, 2.75) is 12.0 Å². The third kappa shape index (κ3) is 2.28. The first-order valence-electron chi connectivity index (χ1n) is 6.70. The Balaban J connectivity index is 1.81. The minimum atomic E-state index is -0.826. The van der Waals surface area contributed by atoms with E-state index in [9.17, 15) is 9.90 Å². The van der Waals surface area contributed by atoms with Crippen molar-refractivity contribution in [2.24, 2.45) is 0 Å². The summed E-state index contributed by atoms with van der Waals surface area (Å²) >= 11 is 0. The maximum Gasteiger partial charge on any atom is 0.257 e. The van der Waals surface area contributed by atoms with Crippen molar-refractivity contribution >= 4 is 11.4 Å². The molecule has 2 aromatic heterocycles. The van der Waals surface area contributed by atoms with Crippen LogP contribution in [0.1, 0.15) is 16.8 Å². The zero-order valence-corrected chi connectivity index (χ0v) is 11.4. The molecule has 1 saturated heterocycles. The minimum Gasteiger partial charge on any atom is -0.387 e. The zero-order valence-electron chi connectivity index (χ0n) is 11.4. The fraction of sp³-hybridized carbons (Fsp3) is 0.429. The lowest BCUT2D eigenvalue weighted by atomic mass is 10.0. The summed E-state index contributed by atoms with van der Waals surface area (Å²) < 4.78 is 1.67. The van der Waals surface area contributed by atoms with E-state index in [-0.39, 0.29) is 5.91 Å². The molecule has 0 radical (unpaired) electrons. The maximum absolute atomic E-state index is 12.5. The van der Waals surface area contributed by atoms with Gasteiger partial charge in [0.2, 0.25) is 0 Å². The van der Waals surface area contributed by atoms with Gasteiger partial charge in [-0.25, -0.2) is 4.52 Å². The third-order valence-electron chi connectivity index (χ3n) is 3.76. The number of nitrogens with one attached hydrogen (secondary N) is 1. The molecule has 1 fully saturated rings. The fourth-order valence-corrected chi connectivity index (χ4v) is 2.68. The van der Waals surface area contributed by atoms with Crippen molar-refractivity contribution in [3.8, 4) is 0 Å². The standard InChI is InChI=1S/C14H18N4O2/c1-17(10-14(20)5-6-15-9-14)13(19)11-8-16-18-7-3-2-4-12(11)18/h2-4,7-8,15,20H,5-6,9-10H2,1H3. The molecule has 2 aromatic rings. The molecule has 6 heteroatoms. The second-order valence-electron chi connectivity index (χ2n) is 5.40. The van der Waals surface area contributed by atoms with Crippen LogP contribution in [0.4, 0.5) is 0 Å².